The second-order valence-corrected chi connectivity index (χ2v) is 8.02. The minimum atomic E-state index is 0.317. The van der Waals surface area contributed by atoms with Gasteiger partial charge in [0.15, 0.2) is 0 Å². The molecule has 0 aliphatic heterocycles. The number of nitrogens with two attached hydrogens (primary N) is 1. The van der Waals surface area contributed by atoms with Crippen molar-refractivity contribution in [2.24, 2.45) is 17.1 Å². The van der Waals surface area contributed by atoms with E-state index in [1.54, 1.807) is 0 Å². The Morgan fingerprint density at radius 3 is 2.56 bits per heavy atom. The first-order chi connectivity index (χ1) is 8.53. The van der Waals surface area contributed by atoms with Gasteiger partial charge in [-0.1, -0.05) is 26.7 Å². The lowest BCUT2D eigenvalue weighted by Gasteiger charge is -2.37. The van der Waals surface area contributed by atoms with Crippen molar-refractivity contribution < 1.29 is 0 Å². The number of thiophene rings is 1. The molecule has 1 aromatic rings. The molecular formula is C15H24BrNS. The molecule has 1 aliphatic carbocycles. The maximum atomic E-state index is 6.61. The lowest BCUT2D eigenvalue weighted by Crippen LogP contribution is -2.42. The average molecular weight is 330 g/mol. The van der Waals surface area contributed by atoms with Crippen LogP contribution in [-0.2, 0) is 6.42 Å². The molecule has 102 valence electrons. The van der Waals surface area contributed by atoms with Crippen LogP contribution in [0.1, 0.15) is 50.8 Å². The van der Waals surface area contributed by atoms with Gasteiger partial charge in [-0.05, 0) is 64.4 Å². The highest BCUT2D eigenvalue weighted by atomic mass is 79.9. The van der Waals surface area contributed by atoms with Crippen molar-refractivity contribution in [3.63, 3.8) is 0 Å². The van der Waals surface area contributed by atoms with Gasteiger partial charge in [0.2, 0.25) is 0 Å². The summed E-state index contributed by atoms with van der Waals surface area (Å²) >= 11 is 5.45. The quantitative estimate of drug-likeness (QED) is 0.809. The van der Waals surface area contributed by atoms with E-state index in [2.05, 4.69) is 41.2 Å². The standard InChI is InChI=1S/C15H24BrNS/c1-11(2)10-15(6-3-4-7-15)14(17)9-13-12(16)5-8-18-13/h5,8,11,14H,3-4,6-7,9-10,17H2,1-2H3. The van der Waals surface area contributed by atoms with Gasteiger partial charge in [-0.15, -0.1) is 11.3 Å². The van der Waals surface area contributed by atoms with Crippen LogP contribution < -0.4 is 5.73 Å². The van der Waals surface area contributed by atoms with E-state index in [0.29, 0.717) is 11.5 Å². The van der Waals surface area contributed by atoms with Crippen LogP contribution in [0.5, 0.6) is 0 Å². The molecule has 3 heteroatoms. The van der Waals surface area contributed by atoms with Crippen LogP contribution in [0.3, 0.4) is 0 Å². The Balaban J connectivity index is 2.09. The van der Waals surface area contributed by atoms with E-state index in [4.69, 9.17) is 5.73 Å². The Morgan fingerprint density at radius 2 is 2.06 bits per heavy atom. The largest absolute Gasteiger partial charge is 0.327 e. The van der Waals surface area contributed by atoms with Gasteiger partial charge >= 0.3 is 0 Å². The molecule has 0 amide bonds. The Kier molecular flexibility index (Phi) is 4.90. The fourth-order valence-corrected chi connectivity index (χ4v) is 5.08. The molecule has 1 atom stereocenters. The number of rotatable bonds is 5. The lowest BCUT2D eigenvalue weighted by molar-refractivity contribution is 0.182. The number of hydrogen-bond acceptors (Lipinski definition) is 2. The predicted octanol–water partition coefficient (Wildman–Crippen LogP) is 4.99. The van der Waals surface area contributed by atoms with E-state index < -0.39 is 0 Å². The normalized spacial score (nSPS) is 20.5. The predicted molar refractivity (Wildman–Crippen MR) is 84.1 cm³/mol. The zero-order chi connectivity index (χ0) is 13.2. The number of halogens is 1. The fourth-order valence-electron chi connectivity index (χ4n) is 3.51. The van der Waals surface area contributed by atoms with Crippen molar-refractivity contribution in [2.45, 2.75) is 58.4 Å². The zero-order valence-electron chi connectivity index (χ0n) is 11.4. The molecule has 18 heavy (non-hydrogen) atoms. The van der Waals surface area contributed by atoms with Gasteiger partial charge in [-0.3, -0.25) is 0 Å². The van der Waals surface area contributed by atoms with Gasteiger partial charge in [-0.25, -0.2) is 0 Å². The second-order valence-electron chi connectivity index (χ2n) is 6.17. The highest BCUT2D eigenvalue weighted by Crippen LogP contribution is 2.46. The van der Waals surface area contributed by atoms with E-state index in [9.17, 15) is 0 Å². The summed E-state index contributed by atoms with van der Waals surface area (Å²) < 4.78 is 1.24. The van der Waals surface area contributed by atoms with Crippen molar-refractivity contribution in [2.75, 3.05) is 0 Å². The van der Waals surface area contributed by atoms with Gasteiger partial charge in [0, 0.05) is 15.4 Å². The Labute approximate surface area is 123 Å². The molecule has 2 rings (SSSR count). The van der Waals surface area contributed by atoms with Gasteiger partial charge in [-0.2, -0.15) is 0 Å². The van der Waals surface area contributed by atoms with E-state index >= 15 is 0 Å². The third kappa shape index (κ3) is 3.17. The third-order valence-electron chi connectivity index (χ3n) is 4.30. The summed E-state index contributed by atoms with van der Waals surface area (Å²) in [6, 6.07) is 2.45. The molecule has 0 saturated heterocycles. The third-order valence-corrected chi connectivity index (χ3v) is 6.25. The highest BCUT2D eigenvalue weighted by molar-refractivity contribution is 9.10. The molecule has 1 fully saturated rings. The van der Waals surface area contributed by atoms with Gasteiger partial charge in [0.1, 0.15) is 0 Å². The topological polar surface area (TPSA) is 26.0 Å². The Hall–Kier alpha value is 0.140. The van der Waals surface area contributed by atoms with Crippen LogP contribution in [0.2, 0.25) is 0 Å². The van der Waals surface area contributed by atoms with Crippen LogP contribution in [0, 0.1) is 11.3 Å². The molecule has 1 aliphatic rings. The van der Waals surface area contributed by atoms with Crippen molar-refractivity contribution in [3.8, 4) is 0 Å². The van der Waals surface area contributed by atoms with E-state index in [0.717, 1.165) is 12.3 Å². The van der Waals surface area contributed by atoms with Crippen LogP contribution >= 0.6 is 27.3 Å². The average Bonchev–Trinajstić information content (AvgIpc) is 2.89. The molecule has 1 aromatic heterocycles. The van der Waals surface area contributed by atoms with Gasteiger partial charge in [0.05, 0.1) is 0 Å². The van der Waals surface area contributed by atoms with Crippen LogP contribution in [0.25, 0.3) is 0 Å². The smallest absolute Gasteiger partial charge is 0.0314 e. The zero-order valence-corrected chi connectivity index (χ0v) is 13.8. The van der Waals surface area contributed by atoms with Crippen molar-refractivity contribution >= 4 is 27.3 Å². The summed E-state index contributed by atoms with van der Waals surface area (Å²) in [7, 11) is 0. The monoisotopic (exact) mass is 329 g/mol. The minimum absolute atomic E-state index is 0.317. The summed E-state index contributed by atoms with van der Waals surface area (Å²) in [6.45, 7) is 4.65. The maximum Gasteiger partial charge on any atom is 0.0314 e. The molecular weight excluding hydrogens is 306 g/mol. The van der Waals surface area contributed by atoms with Crippen molar-refractivity contribution in [3.05, 3.63) is 20.8 Å². The molecule has 1 heterocycles. The molecule has 0 radical (unpaired) electrons. The van der Waals surface area contributed by atoms with E-state index in [1.807, 2.05) is 11.3 Å². The van der Waals surface area contributed by atoms with Crippen molar-refractivity contribution in [1.82, 2.24) is 0 Å². The summed E-state index contributed by atoms with van der Waals surface area (Å²) in [4.78, 5) is 1.41. The summed E-state index contributed by atoms with van der Waals surface area (Å²) in [5.74, 6) is 0.751. The molecule has 1 saturated carbocycles. The molecule has 2 N–H and O–H groups in total. The SMILES string of the molecule is CC(C)CC1(C(N)Cc2sccc2Br)CCCC1. The first kappa shape index (κ1) is 14.5. The van der Waals surface area contributed by atoms with Crippen LogP contribution in [0.15, 0.2) is 15.9 Å². The van der Waals surface area contributed by atoms with Gasteiger partial charge in [0.25, 0.3) is 0 Å². The lowest BCUT2D eigenvalue weighted by atomic mass is 9.72. The summed E-state index contributed by atoms with van der Waals surface area (Å²) in [6.07, 6.45) is 7.71. The van der Waals surface area contributed by atoms with E-state index in [1.165, 1.54) is 41.5 Å². The second kappa shape index (κ2) is 6.06. The fraction of sp³-hybridized carbons (Fsp3) is 0.733. The Bertz CT molecular complexity index is 380. The highest BCUT2D eigenvalue weighted by Gasteiger charge is 2.39. The molecule has 0 spiro atoms. The van der Waals surface area contributed by atoms with E-state index in [-0.39, 0.29) is 0 Å². The molecule has 1 unspecified atom stereocenters. The first-order valence-corrected chi connectivity index (χ1v) is 8.68. The maximum absolute atomic E-state index is 6.61. The number of hydrogen-bond donors (Lipinski definition) is 1. The van der Waals surface area contributed by atoms with Crippen LogP contribution in [0.4, 0.5) is 0 Å². The molecule has 0 bridgehead atoms. The summed E-state index contributed by atoms with van der Waals surface area (Å²) in [5.41, 5.74) is 7.01. The minimum Gasteiger partial charge on any atom is -0.327 e. The van der Waals surface area contributed by atoms with Crippen molar-refractivity contribution in [1.29, 1.82) is 0 Å². The van der Waals surface area contributed by atoms with Crippen LogP contribution in [-0.4, -0.2) is 6.04 Å². The first-order valence-electron chi connectivity index (χ1n) is 7.01. The molecule has 0 aromatic carbocycles. The Morgan fingerprint density at radius 1 is 1.39 bits per heavy atom. The van der Waals surface area contributed by atoms with Gasteiger partial charge < -0.3 is 5.73 Å². The molecule has 1 nitrogen and oxygen atoms in total. The summed E-state index contributed by atoms with van der Waals surface area (Å²) in [5, 5.41) is 2.15.